The zero-order chi connectivity index (χ0) is 12.5. The fourth-order valence-corrected chi connectivity index (χ4v) is 3.02. The maximum absolute atomic E-state index is 10.1. The van der Waals surface area contributed by atoms with Crippen molar-refractivity contribution < 1.29 is 5.11 Å². The average molecular weight is 241 g/mol. The number of fused-ring (bicyclic) bond motifs is 1. The zero-order valence-electron chi connectivity index (χ0n) is 10.8. The van der Waals surface area contributed by atoms with Gasteiger partial charge in [0.15, 0.2) is 0 Å². The third-order valence-corrected chi connectivity index (χ3v) is 4.05. The molecule has 0 spiro atoms. The summed E-state index contributed by atoms with van der Waals surface area (Å²) >= 11 is 0. The van der Waals surface area contributed by atoms with Crippen molar-refractivity contribution in [1.82, 2.24) is 4.98 Å². The van der Waals surface area contributed by atoms with Gasteiger partial charge >= 0.3 is 0 Å². The molecule has 2 atom stereocenters. The molecule has 1 aromatic carbocycles. The topological polar surface area (TPSA) is 33.1 Å². The van der Waals surface area contributed by atoms with Crippen LogP contribution in [0.3, 0.4) is 0 Å². The molecular formula is C16H19NO. The summed E-state index contributed by atoms with van der Waals surface area (Å²) < 4.78 is 0. The summed E-state index contributed by atoms with van der Waals surface area (Å²) in [5, 5.41) is 11.4. The number of pyridine rings is 1. The number of rotatable bonds is 1. The lowest BCUT2D eigenvalue weighted by Crippen LogP contribution is -2.23. The minimum atomic E-state index is -0.216. The molecule has 1 heterocycles. The maximum Gasteiger partial charge on any atom is 0.0708 e. The molecule has 1 aliphatic carbocycles. The summed E-state index contributed by atoms with van der Waals surface area (Å²) in [6, 6.07) is 10.4. The number of hydrogen-bond donors (Lipinski definition) is 1. The first-order valence-corrected chi connectivity index (χ1v) is 6.80. The van der Waals surface area contributed by atoms with E-state index >= 15 is 0 Å². The number of para-hydroxylation sites is 1. The highest BCUT2D eigenvalue weighted by atomic mass is 16.3. The molecule has 0 aliphatic heterocycles. The van der Waals surface area contributed by atoms with Gasteiger partial charge in [0.05, 0.1) is 11.6 Å². The van der Waals surface area contributed by atoms with Gasteiger partial charge in [-0.1, -0.05) is 31.0 Å². The Kier molecular flexibility index (Phi) is 3.04. The molecule has 0 saturated heterocycles. The van der Waals surface area contributed by atoms with E-state index in [1.54, 1.807) is 0 Å². The number of aliphatic hydroxyl groups is 1. The Morgan fingerprint density at radius 2 is 1.94 bits per heavy atom. The SMILES string of the molecule is Cc1cc(C2CCCCC2O)nc2ccccc12. The van der Waals surface area contributed by atoms with Crippen LogP contribution in [0.2, 0.25) is 0 Å². The molecule has 1 saturated carbocycles. The second-order valence-electron chi connectivity index (χ2n) is 5.34. The van der Waals surface area contributed by atoms with E-state index in [1.165, 1.54) is 17.4 Å². The van der Waals surface area contributed by atoms with E-state index in [2.05, 4.69) is 25.1 Å². The van der Waals surface area contributed by atoms with Crippen LogP contribution in [0.1, 0.15) is 42.9 Å². The van der Waals surface area contributed by atoms with Crippen LogP contribution >= 0.6 is 0 Å². The van der Waals surface area contributed by atoms with Crippen molar-refractivity contribution >= 4 is 10.9 Å². The molecule has 0 bridgehead atoms. The van der Waals surface area contributed by atoms with Crippen LogP contribution in [0.4, 0.5) is 0 Å². The number of nitrogens with zero attached hydrogens (tertiary/aromatic N) is 1. The molecule has 1 fully saturated rings. The largest absolute Gasteiger partial charge is 0.392 e. The van der Waals surface area contributed by atoms with E-state index in [1.807, 2.05) is 12.1 Å². The van der Waals surface area contributed by atoms with Crippen LogP contribution < -0.4 is 0 Å². The molecule has 1 aliphatic rings. The number of aromatic nitrogens is 1. The Labute approximate surface area is 108 Å². The molecule has 1 aromatic heterocycles. The van der Waals surface area contributed by atoms with Gasteiger partial charge in [-0.3, -0.25) is 4.98 Å². The lowest BCUT2D eigenvalue weighted by molar-refractivity contribution is 0.104. The van der Waals surface area contributed by atoms with E-state index in [4.69, 9.17) is 4.98 Å². The van der Waals surface area contributed by atoms with Gasteiger partial charge in [-0.05, 0) is 37.5 Å². The predicted octanol–water partition coefficient (Wildman–Crippen LogP) is 3.56. The lowest BCUT2D eigenvalue weighted by atomic mass is 9.83. The van der Waals surface area contributed by atoms with Crippen LogP contribution in [0, 0.1) is 6.92 Å². The smallest absolute Gasteiger partial charge is 0.0708 e. The summed E-state index contributed by atoms with van der Waals surface area (Å²) in [5.41, 5.74) is 3.37. The highest BCUT2D eigenvalue weighted by molar-refractivity contribution is 5.82. The molecule has 2 heteroatoms. The van der Waals surface area contributed by atoms with Gasteiger partial charge in [0.2, 0.25) is 0 Å². The molecule has 2 nitrogen and oxygen atoms in total. The first-order valence-electron chi connectivity index (χ1n) is 6.80. The van der Waals surface area contributed by atoms with Gasteiger partial charge in [-0.2, -0.15) is 0 Å². The third kappa shape index (κ3) is 2.01. The molecular weight excluding hydrogens is 222 g/mol. The number of aryl methyl sites for hydroxylation is 1. The highest BCUT2D eigenvalue weighted by Crippen LogP contribution is 2.33. The van der Waals surface area contributed by atoms with Gasteiger partial charge < -0.3 is 5.11 Å². The van der Waals surface area contributed by atoms with Crippen molar-refractivity contribution in [2.45, 2.75) is 44.6 Å². The van der Waals surface area contributed by atoms with E-state index in [0.29, 0.717) is 0 Å². The first kappa shape index (κ1) is 11.7. The fourth-order valence-electron chi connectivity index (χ4n) is 3.02. The summed E-state index contributed by atoms with van der Waals surface area (Å²) in [6.07, 6.45) is 4.11. The maximum atomic E-state index is 10.1. The number of benzene rings is 1. The number of aliphatic hydroxyl groups excluding tert-OH is 1. The Balaban J connectivity index is 2.06. The van der Waals surface area contributed by atoms with Crippen LogP contribution in [0.15, 0.2) is 30.3 Å². The molecule has 18 heavy (non-hydrogen) atoms. The van der Waals surface area contributed by atoms with E-state index < -0.39 is 0 Å². The van der Waals surface area contributed by atoms with Crippen molar-refractivity contribution in [2.24, 2.45) is 0 Å². The Bertz CT molecular complexity index is 564. The van der Waals surface area contributed by atoms with Gasteiger partial charge in [0.1, 0.15) is 0 Å². The van der Waals surface area contributed by atoms with E-state index in [-0.39, 0.29) is 12.0 Å². The Morgan fingerprint density at radius 1 is 1.17 bits per heavy atom. The molecule has 0 amide bonds. The Hall–Kier alpha value is -1.41. The average Bonchev–Trinajstić information content (AvgIpc) is 2.39. The molecule has 1 N–H and O–H groups in total. The van der Waals surface area contributed by atoms with Gasteiger partial charge in [0.25, 0.3) is 0 Å². The number of hydrogen-bond acceptors (Lipinski definition) is 2. The summed E-state index contributed by atoms with van der Waals surface area (Å²) in [4.78, 5) is 4.75. The van der Waals surface area contributed by atoms with Gasteiger partial charge in [0, 0.05) is 17.0 Å². The summed E-state index contributed by atoms with van der Waals surface area (Å²) in [5.74, 6) is 0.224. The zero-order valence-corrected chi connectivity index (χ0v) is 10.8. The van der Waals surface area contributed by atoms with Crippen molar-refractivity contribution in [3.8, 4) is 0 Å². The monoisotopic (exact) mass is 241 g/mol. The van der Waals surface area contributed by atoms with Gasteiger partial charge in [-0.25, -0.2) is 0 Å². The minimum absolute atomic E-state index is 0.216. The van der Waals surface area contributed by atoms with Crippen molar-refractivity contribution in [2.75, 3.05) is 0 Å². The van der Waals surface area contributed by atoms with Crippen molar-refractivity contribution in [1.29, 1.82) is 0 Å². The van der Waals surface area contributed by atoms with Crippen molar-refractivity contribution in [3.05, 3.63) is 41.6 Å². The van der Waals surface area contributed by atoms with Crippen LogP contribution in [-0.2, 0) is 0 Å². The minimum Gasteiger partial charge on any atom is -0.392 e. The predicted molar refractivity (Wildman–Crippen MR) is 73.7 cm³/mol. The Morgan fingerprint density at radius 3 is 2.78 bits per heavy atom. The molecule has 3 rings (SSSR count). The fraction of sp³-hybridized carbons (Fsp3) is 0.438. The normalized spacial score (nSPS) is 24.3. The third-order valence-electron chi connectivity index (χ3n) is 4.05. The second kappa shape index (κ2) is 4.69. The summed E-state index contributed by atoms with van der Waals surface area (Å²) in [6.45, 7) is 2.13. The van der Waals surface area contributed by atoms with Crippen molar-refractivity contribution in [3.63, 3.8) is 0 Å². The quantitative estimate of drug-likeness (QED) is 0.828. The van der Waals surface area contributed by atoms with Crippen LogP contribution in [-0.4, -0.2) is 16.2 Å². The van der Waals surface area contributed by atoms with Gasteiger partial charge in [-0.15, -0.1) is 0 Å². The van der Waals surface area contributed by atoms with E-state index in [0.717, 1.165) is 30.5 Å². The molecule has 0 radical (unpaired) electrons. The second-order valence-corrected chi connectivity index (χ2v) is 5.34. The summed E-state index contributed by atoms with van der Waals surface area (Å²) in [7, 11) is 0. The van der Waals surface area contributed by atoms with Crippen LogP contribution in [0.5, 0.6) is 0 Å². The lowest BCUT2D eigenvalue weighted by Gasteiger charge is -2.27. The molecule has 94 valence electrons. The molecule has 2 aromatic rings. The highest BCUT2D eigenvalue weighted by Gasteiger charge is 2.26. The first-order chi connectivity index (χ1) is 8.75. The van der Waals surface area contributed by atoms with E-state index in [9.17, 15) is 5.11 Å². The molecule has 2 unspecified atom stereocenters. The van der Waals surface area contributed by atoms with Crippen LogP contribution in [0.25, 0.3) is 10.9 Å². The standard InChI is InChI=1S/C16H19NO/c1-11-10-15(13-7-3-5-9-16(13)18)17-14-8-4-2-6-12(11)14/h2,4,6,8,10,13,16,18H,3,5,7,9H2,1H3.